The number of rotatable bonds is 5. The van der Waals surface area contributed by atoms with Crippen LogP contribution in [0.15, 0.2) is 48.5 Å². The van der Waals surface area contributed by atoms with Crippen molar-refractivity contribution in [3.05, 3.63) is 69.7 Å². The molecule has 6 nitrogen and oxygen atoms in total. The monoisotopic (exact) mass is 396 g/mol. The minimum absolute atomic E-state index is 0.193. The molecule has 8 heteroatoms. The Balaban J connectivity index is 1.73. The van der Waals surface area contributed by atoms with Crippen molar-refractivity contribution in [2.24, 2.45) is 0 Å². The van der Waals surface area contributed by atoms with Gasteiger partial charge in [-0.2, -0.15) is 5.26 Å². The standard InChI is InChI=1S/C19H13ClN4O2S/c1-26-15-7-5-14(6-8-15)22-17(25)19-24-23-18(27-19)16(20)10-12-3-2-4-13(9-12)11-21/h2-10H,1H3,(H,22,25). The molecule has 0 bridgehead atoms. The third-order valence-electron chi connectivity index (χ3n) is 3.48. The van der Waals surface area contributed by atoms with Crippen molar-refractivity contribution in [1.29, 1.82) is 5.26 Å². The summed E-state index contributed by atoms with van der Waals surface area (Å²) in [5.41, 5.74) is 1.91. The van der Waals surface area contributed by atoms with E-state index in [1.54, 1.807) is 55.7 Å². The Morgan fingerprint density at radius 1 is 1.22 bits per heavy atom. The number of amides is 1. The first-order chi connectivity index (χ1) is 13.1. The molecule has 3 aromatic rings. The minimum Gasteiger partial charge on any atom is -0.497 e. The van der Waals surface area contributed by atoms with Crippen molar-refractivity contribution >= 4 is 45.6 Å². The third-order valence-corrected chi connectivity index (χ3v) is 4.84. The SMILES string of the molecule is COc1ccc(NC(=O)c2nnc(C(Cl)=Cc3cccc(C#N)c3)s2)cc1. The summed E-state index contributed by atoms with van der Waals surface area (Å²) >= 11 is 7.37. The Bertz CT molecular complexity index is 1040. The molecule has 1 amide bonds. The van der Waals surface area contributed by atoms with E-state index in [4.69, 9.17) is 21.6 Å². The number of anilines is 1. The summed E-state index contributed by atoms with van der Waals surface area (Å²) in [4.78, 5) is 12.3. The van der Waals surface area contributed by atoms with E-state index in [9.17, 15) is 4.79 Å². The first-order valence-corrected chi connectivity index (χ1v) is 8.95. The molecule has 1 heterocycles. The molecule has 0 fully saturated rings. The highest BCUT2D eigenvalue weighted by atomic mass is 35.5. The molecule has 0 unspecified atom stereocenters. The number of benzene rings is 2. The van der Waals surface area contributed by atoms with Crippen molar-refractivity contribution < 1.29 is 9.53 Å². The number of halogens is 1. The number of aromatic nitrogens is 2. The van der Waals surface area contributed by atoms with Gasteiger partial charge in [-0.25, -0.2) is 0 Å². The molecular weight excluding hydrogens is 384 g/mol. The van der Waals surface area contributed by atoms with Gasteiger partial charge in [0, 0.05) is 5.69 Å². The number of nitrogens with one attached hydrogen (secondary N) is 1. The summed E-state index contributed by atoms with van der Waals surface area (Å²) < 4.78 is 5.08. The quantitative estimate of drug-likeness (QED) is 0.690. The van der Waals surface area contributed by atoms with Crippen molar-refractivity contribution in [2.75, 3.05) is 12.4 Å². The largest absolute Gasteiger partial charge is 0.497 e. The summed E-state index contributed by atoms with van der Waals surface area (Å²) in [6.07, 6.45) is 1.67. The van der Waals surface area contributed by atoms with Crippen molar-refractivity contribution in [3.63, 3.8) is 0 Å². The number of ether oxygens (including phenoxy) is 1. The molecule has 0 spiro atoms. The van der Waals surface area contributed by atoms with Gasteiger partial charge in [-0.3, -0.25) is 4.79 Å². The second-order valence-corrected chi connectivity index (χ2v) is 6.71. The van der Waals surface area contributed by atoms with E-state index in [-0.39, 0.29) is 10.9 Å². The molecule has 0 saturated carbocycles. The number of methoxy groups -OCH3 is 1. The van der Waals surface area contributed by atoms with E-state index in [2.05, 4.69) is 21.6 Å². The van der Waals surface area contributed by atoms with Gasteiger partial charge in [0.05, 0.1) is 23.8 Å². The van der Waals surface area contributed by atoms with Crippen LogP contribution in [0, 0.1) is 11.3 Å². The highest BCUT2D eigenvalue weighted by Gasteiger charge is 2.15. The van der Waals surface area contributed by atoms with Crippen LogP contribution in [0.1, 0.15) is 25.9 Å². The molecule has 0 radical (unpaired) electrons. The first kappa shape index (κ1) is 18.6. The van der Waals surface area contributed by atoms with Crippen molar-refractivity contribution in [3.8, 4) is 11.8 Å². The molecule has 0 aliphatic heterocycles. The fraction of sp³-hybridized carbons (Fsp3) is 0.0526. The second kappa shape index (κ2) is 8.45. The maximum atomic E-state index is 12.3. The number of hydrogen-bond donors (Lipinski definition) is 1. The van der Waals surface area contributed by atoms with Gasteiger partial charge in [0.25, 0.3) is 5.91 Å². The van der Waals surface area contributed by atoms with E-state index in [0.717, 1.165) is 16.9 Å². The normalized spacial score (nSPS) is 10.9. The lowest BCUT2D eigenvalue weighted by molar-refractivity contribution is 0.102. The van der Waals surface area contributed by atoms with Crippen LogP contribution in [0.4, 0.5) is 5.69 Å². The van der Waals surface area contributed by atoms with Crippen LogP contribution in [0.3, 0.4) is 0 Å². The third kappa shape index (κ3) is 4.70. The number of hydrogen-bond acceptors (Lipinski definition) is 6. The smallest absolute Gasteiger partial charge is 0.286 e. The van der Waals surface area contributed by atoms with Gasteiger partial charge >= 0.3 is 0 Å². The van der Waals surface area contributed by atoms with E-state index < -0.39 is 0 Å². The Labute approximate surface area is 164 Å². The fourth-order valence-corrected chi connectivity index (χ4v) is 3.10. The minimum atomic E-state index is -0.375. The summed E-state index contributed by atoms with van der Waals surface area (Å²) in [7, 11) is 1.57. The predicted molar refractivity (Wildman–Crippen MR) is 106 cm³/mol. The second-order valence-electron chi connectivity index (χ2n) is 5.32. The zero-order valence-electron chi connectivity index (χ0n) is 14.1. The first-order valence-electron chi connectivity index (χ1n) is 7.75. The maximum absolute atomic E-state index is 12.3. The van der Waals surface area contributed by atoms with Gasteiger partial charge in [0.2, 0.25) is 5.01 Å². The van der Waals surface area contributed by atoms with Crippen LogP contribution < -0.4 is 10.1 Å². The molecule has 0 aliphatic rings. The van der Waals surface area contributed by atoms with Gasteiger partial charge in [-0.1, -0.05) is 35.1 Å². The molecule has 27 heavy (non-hydrogen) atoms. The summed E-state index contributed by atoms with van der Waals surface area (Å²) in [5, 5.41) is 20.5. The van der Waals surface area contributed by atoms with Gasteiger partial charge in [-0.15, -0.1) is 10.2 Å². The highest BCUT2D eigenvalue weighted by Crippen LogP contribution is 2.26. The van der Waals surface area contributed by atoms with Gasteiger partial charge in [0.1, 0.15) is 5.75 Å². The van der Waals surface area contributed by atoms with Crippen molar-refractivity contribution in [1.82, 2.24) is 10.2 Å². The number of carbonyl (C=O) groups is 1. The fourth-order valence-electron chi connectivity index (χ4n) is 2.18. The van der Waals surface area contributed by atoms with Crippen LogP contribution in [0.5, 0.6) is 5.75 Å². The molecule has 0 saturated heterocycles. The number of nitriles is 1. The molecule has 3 rings (SSSR count). The summed E-state index contributed by atoms with van der Waals surface area (Å²) in [5.74, 6) is 0.323. The predicted octanol–water partition coefficient (Wildman–Crippen LogP) is 4.41. The topological polar surface area (TPSA) is 87.9 Å². The molecule has 134 valence electrons. The number of nitrogens with zero attached hydrogens (tertiary/aromatic N) is 3. The zero-order valence-corrected chi connectivity index (χ0v) is 15.7. The van der Waals surface area contributed by atoms with E-state index in [1.165, 1.54) is 0 Å². The van der Waals surface area contributed by atoms with Gasteiger partial charge in [-0.05, 0) is 48.0 Å². The van der Waals surface area contributed by atoms with E-state index in [0.29, 0.717) is 27.0 Å². The van der Waals surface area contributed by atoms with Crippen LogP contribution >= 0.6 is 22.9 Å². The van der Waals surface area contributed by atoms with Crippen LogP contribution in [0.2, 0.25) is 0 Å². The van der Waals surface area contributed by atoms with E-state index >= 15 is 0 Å². The summed E-state index contributed by atoms with van der Waals surface area (Å²) in [6.45, 7) is 0. The average Bonchev–Trinajstić information content (AvgIpc) is 3.19. The van der Waals surface area contributed by atoms with Gasteiger partial charge < -0.3 is 10.1 Å². The molecule has 1 aromatic heterocycles. The lowest BCUT2D eigenvalue weighted by atomic mass is 10.1. The highest BCUT2D eigenvalue weighted by molar-refractivity contribution is 7.15. The lowest BCUT2D eigenvalue weighted by Crippen LogP contribution is -2.11. The molecule has 1 N–H and O–H groups in total. The van der Waals surface area contributed by atoms with Gasteiger partial charge in [0.15, 0.2) is 5.01 Å². The van der Waals surface area contributed by atoms with Crippen LogP contribution in [-0.2, 0) is 0 Å². The van der Waals surface area contributed by atoms with E-state index in [1.807, 2.05) is 6.07 Å². The zero-order chi connectivity index (χ0) is 19.2. The maximum Gasteiger partial charge on any atom is 0.286 e. The average molecular weight is 397 g/mol. The number of carbonyl (C=O) groups excluding carboxylic acids is 1. The summed E-state index contributed by atoms with van der Waals surface area (Å²) in [6, 6.07) is 16.0. The molecule has 2 aromatic carbocycles. The Morgan fingerprint density at radius 3 is 2.67 bits per heavy atom. The Kier molecular flexibility index (Phi) is 5.81. The molecule has 0 aliphatic carbocycles. The molecule has 0 atom stereocenters. The lowest BCUT2D eigenvalue weighted by Gasteiger charge is -2.03. The van der Waals surface area contributed by atoms with Crippen molar-refractivity contribution in [2.45, 2.75) is 0 Å². The van der Waals surface area contributed by atoms with Crippen LogP contribution in [-0.4, -0.2) is 23.2 Å². The Hall–Kier alpha value is -3.21. The van der Waals surface area contributed by atoms with Crippen LogP contribution in [0.25, 0.3) is 11.1 Å². The Morgan fingerprint density at radius 2 is 1.96 bits per heavy atom. The molecular formula is C19H13ClN4O2S.